The number of hydrogen-bond acceptors (Lipinski definition) is 4. The third-order valence-corrected chi connectivity index (χ3v) is 5.77. The van der Waals surface area contributed by atoms with Crippen LogP contribution in [0.4, 0.5) is 0 Å². The van der Waals surface area contributed by atoms with Crippen molar-refractivity contribution in [3.05, 3.63) is 95.1 Å². The Morgan fingerprint density at radius 1 is 0.594 bits per heavy atom. The molecule has 0 saturated heterocycles. The van der Waals surface area contributed by atoms with Crippen LogP contribution in [0.5, 0.6) is 11.5 Å². The number of benzene rings is 3. The summed E-state index contributed by atoms with van der Waals surface area (Å²) in [6.07, 6.45) is 1.82. The van der Waals surface area contributed by atoms with Crippen LogP contribution >= 0.6 is 0 Å². The average molecular weight is 435 g/mol. The average Bonchev–Trinajstić information content (AvgIpc) is 2.83. The number of ether oxygens (including phenoxy) is 2. The molecule has 0 aliphatic heterocycles. The van der Waals surface area contributed by atoms with Crippen LogP contribution in [-0.2, 0) is 12.8 Å². The van der Waals surface area contributed by atoms with Crippen molar-refractivity contribution in [1.29, 1.82) is 0 Å². The lowest BCUT2D eigenvalue weighted by Gasteiger charge is -2.21. The van der Waals surface area contributed by atoms with Gasteiger partial charge < -0.3 is 19.7 Å². The van der Waals surface area contributed by atoms with E-state index in [1.807, 2.05) is 36.4 Å². The Labute approximate surface area is 191 Å². The van der Waals surface area contributed by atoms with Gasteiger partial charge in [-0.15, -0.1) is 0 Å². The highest BCUT2D eigenvalue weighted by atomic mass is 16.5. The summed E-state index contributed by atoms with van der Waals surface area (Å²) < 4.78 is 11.5. The summed E-state index contributed by atoms with van der Waals surface area (Å²) in [5.74, 6) is 2.24. The van der Waals surface area contributed by atoms with Crippen molar-refractivity contribution in [3.63, 3.8) is 0 Å². The highest BCUT2D eigenvalue weighted by molar-refractivity contribution is 5.40. The maximum atomic E-state index is 9.13. The van der Waals surface area contributed by atoms with Crippen LogP contribution < -0.4 is 9.47 Å². The van der Waals surface area contributed by atoms with Gasteiger partial charge in [0.2, 0.25) is 0 Å². The van der Waals surface area contributed by atoms with Crippen molar-refractivity contribution >= 4 is 0 Å². The van der Waals surface area contributed by atoms with E-state index in [2.05, 4.69) is 50.2 Å². The van der Waals surface area contributed by atoms with E-state index in [4.69, 9.17) is 19.7 Å². The van der Waals surface area contributed by atoms with Gasteiger partial charge in [-0.3, -0.25) is 0 Å². The summed E-state index contributed by atoms with van der Waals surface area (Å²) in [5, 5.41) is 18.3. The first kappa shape index (κ1) is 23.8. The van der Waals surface area contributed by atoms with Gasteiger partial charge in [-0.1, -0.05) is 74.5 Å². The van der Waals surface area contributed by atoms with Crippen LogP contribution in [0.3, 0.4) is 0 Å². The maximum absolute atomic E-state index is 9.13. The highest BCUT2D eigenvalue weighted by Gasteiger charge is 2.17. The molecule has 0 aliphatic rings. The van der Waals surface area contributed by atoms with Gasteiger partial charge in [0.05, 0.1) is 13.2 Å². The second-order valence-electron chi connectivity index (χ2n) is 8.20. The molecule has 2 unspecified atom stereocenters. The van der Waals surface area contributed by atoms with Crippen molar-refractivity contribution in [3.8, 4) is 11.5 Å². The molecule has 3 aromatic carbocycles. The largest absolute Gasteiger partial charge is 0.491 e. The van der Waals surface area contributed by atoms with Gasteiger partial charge >= 0.3 is 0 Å². The zero-order valence-electron chi connectivity index (χ0n) is 19.0. The Balaban J connectivity index is 1.77. The molecular formula is C28H34O4. The van der Waals surface area contributed by atoms with Crippen molar-refractivity contribution in [1.82, 2.24) is 0 Å². The summed E-state index contributed by atoms with van der Waals surface area (Å²) in [6, 6.07) is 24.8. The quantitative estimate of drug-likeness (QED) is 0.415. The fourth-order valence-electron chi connectivity index (χ4n) is 4.18. The summed E-state index contributed by atoms with van der Waals surface area (Å²) in [5.41, 5.74) is 4.98. The molecule has 0 heterocycles. The van der Waals surface area contributed by atoms with E-state index >= 15 is 0 Å². The molecule has 0 spiro atoms. The molecule has 32 heavy (non-hydrogen) atoms. The smallest absolute Gasteiger partial charge is 0.122 e. The number of para-hydroxylation sites is 2. The summed E-state index contributed by atoms with van der Waals surface area (Å²) in [7, 11) is 0. The Kier molecular flexibility index (Phi) is 9.14. The van der Waals surface area contributed by atoms with Gasteiger partial charge in [-0.2, -0.15) is 0 Å². The molecule has 0 aliphatic carbocycles. The molecule has 2 atom stereocenters. The lowest BCUT2D eigenvalue weighted by Crippen LogP contribution is -2.09. The maximum Gasteiger partial charge on any atom is 0.122 e. The lowest BCUT2D eigenvalue weighted by molar-refractivity contribution is 0.199. The van der Waals surface area contributed by atoms with Crippen LogP contribution in [0.2, 0.25) is 0 Å². The van der Waals surface area contributed by atoms with E-state index in [0.717, 1.165) is 35.5 Å². The Bertz CT molecular complexity index is 890. The van der Waals surface area contributed by atoms with E-state index < -0.39 is 0 Å². The second kappa shape index (κ2) is 12.3. The minimum Gasteiger partial charge on any atom is -0.491 e. The normalized spacial score (nSPS) is 12.9. The van der Waals surface area contributed by atoms with E-state index in [-0.39, 0.29) is 25.0 Å². The minimum absolute atomic E-state index is 0.00688. The number of aliphatic hydroxyl groups is 2. The molecule has 0 saturated carbocycles. The first-order chi connectivity index (χ1) is 15.6. The molecule has 4 nitrogen and oxygen atoms in total. The zero-order valence-corrected chi connectivity index (χ0v) is 19.0. The fourth-order valence-corrected chi connectivity index (χ4v) is 4.18. The number of rotatable bonds is 12. The number of aliphatic hydroxyl groups excluding tert-OH is 2. The second-order valence-corrected chi connectivity index (χ2v) is 8.20. The zero-order chi connectivity index (χ0) is 22.8. The van der Waals surface area contributed by atoms with E-state index in [9.17, 15) is 0 Å². The third kappa shape index (κ3) is 6.35. The molecule has 0 fully saturated rings. The van der Waals surface area contributed by atoms with Crippen LogP contribution in [0.25, 0.3) is 0 Å². The Morgan fingerprint density at radius 2 is 0.969 bits per heavy atom. The highest BCUT2D eigenvalue weighted by Crippen LogP contribution is 2.33. The predicted octanol–water partition coefficient (Wildman–Crippen LogP) is 5.12. The molecule has 0 aromatic heterocycles. The number of hydrogen-bond donors (Lipinski definition) is 2. The molecule has 4 heteroatoms. The molecule has 3 rings (SSSR count). The molecule has 2 N–H and O–H groups in total. The fraction of sp³-hybridized carbons (Fsp3) is 0.357. The van der Waals surface area contributed by atoms with Gasteiger partial charge in [0.15, 0.2) is 0 Å². The minimum atomic E-state index is 0.00688. The van der Waals surface area contributed by atoms with Crippen LogP contribution in [0.1, 0.15) is 47.9 Å². The standard InChI is InChI=1S/C28H34O4/c1-21(25-11-5-7-13-27(25)31-17-15-29)19-23-9-3-4-10-24(23)20-22(2)26-12-6-8-14-28(26)32-18-16-30/h3-14,21-22,29-30H,15-20H2,1-2H3. The van der Waals surface area contributed by atoms with Gasteiger partial charge in [-0.05, 0) is 59.1 Å². The van der Waals surface area contributed by atoms with E-state index in [0.29, 0.717) is 13.2 Å². The lowest BCUT2D eigenvalue weighted by atomic mass is 9.86. The molecule has 3 aromatic rings. The van der Waals surface area contributed by atoms with E-state index in [1.165, 1.54) is 11.1 Å². The predicted molar refractivity (Wildman–Crippen MR) is 129 cm³/mol. The van der Waals surface area contributed by atoms with Crippen molar-refractivity contribution in [2.45, 2.75) is 38.5 Å². The summed E-state index contributed by atoms with van der Waals surface area (Å²) in [6.45, 7) is 5.06. The first-order valence-corrected chi connectivity index (χ1v) is 11.4. The van der Waals surface area contributed by atoms with Gasteiger partial charge in [0, 0.05) is 0 Å². The van der Waals surface area contributed by atoms with Crippen LogP contribution in [0.15, 0.2) is 72.8 Å². The van der Waals surface area contributed by atoms with Crippen LogP contribution in [0, 0.1) is 0 Å². The molecule has 0 bridgehead atoms. The Hall–Kier alpha value is -2.82. The third-order valence-electron chi connectivity index (χ3n) is 5.77. The van der Waals surface area contributed by atoms with E-state index in [1.54, 1.807) is 0 Å². The van der Waals surface area contributed by atoms with Crippen molar-refractivity contribution < 1.29 is 19.7 Å². The Morgan fingerprint density at radius 3 is 1.38 bits per heavy atom. The van der Waals surface area contributed by atoms with Crippen molar-refractivity contribution in [2.24, 2.45) is 0 Å². The monoisotopic (exact) mass is 434 g/mol. The van der Waals surface area contributed by atoms with Crippen molar-refractivity contribution in [2.75, 3.05) is 26.4 Å². The molecule has 170 valence electrons. The summed E-state index contributed by atoms with van der Waals surface area (Å²) >= 11 is 0. The molecular weight excluding hydrogens is 400 g/mol. The molecule has 0 amide bonds. The van der Waals surface area contributed by atoms with Gasteiger partial charge in [0.25, 0.3) is 0 Å². The van der Waals surface area contributed by atoms with Gasteiger partial charge in [0.1, 0.15) is 24.7 Å². The topological polar surface area (TPSA) is 58.9 Å². The molecule has 0 radical (unpaired) electrons. The van der Waals surface area contributed by atoms with Gasteiger partial charge in [-0.25, -0.2) is 0 Å². The van der Waals surface area contributed by atoms with Crippen LogP contribution in [-0.4, -0.2) is 36.6 Å². The first-order valence-electron chi connectivity index (χ1n) is 11.4. The SMILES string of the molecule is CC(Cc1ccccc1CC(C)c1ccccc1OCCO)c1ccccc1OCCO. The summed E-state index contributed by atoms with van der Waals surface area (Å²) in [4.78, 5) is 0.